The predicted octanol–water partition coefficient (Wildman–Crippen LogP) is 9.28. The number of nitrogen functional groups attached to an aromatic ring is 1. The highest BCUT2D eigenvalue weighted by molar-refractivity contribution is 5.94. The number of benzene rings is 1. The molecule has 0 aliphatic heterocycles. The number of esters is 1. The van der Waals surface area contributed by atoms with Crippen LogP contribution in [0.3, 0.4) is 0 Å². The van der Waals surface area contributed by atoms with Crippen LogP contribution in [0.15, 0.2) is 29.3 Å². The highest BCUT2D eigenvalue weighted by Crippen LogP contribution is 2.36. The molecule has 1 unspecified atom stereocenters. The van der Waals surface area contributed by atoms with E-state index in [0.29, 0.717) is 49.4 Å². The molecule has 224 valence electrons. The second-order valence-electron chi connectivity index (χ2n) is 12.3. The zero-order valence-electron chi connectivity index (χ0n) is 26.4. The number of hydrogen-bond donors (Lipinski definition) is 1. The Bertz CT molecular complexity index is 1100. The maximum absolute atomic E-state index is 12.7. The minimum absolute atomic E-state index is 0.116. The minimum atomic E-state index is -0.591. The number of nitrogens with zero attached hydrogens (tertiary/aromatic N) is 2. The monoisotopic (exact) mass is 553 g/mol. The third-order valence-corrected chi connectivity index (χ3v) is 7.94. The molecule has 2 aromatic rings. The first kappa shape index (κ1) is 33.7. The van der Waals surface area contributed by atoms with Crippen molar-refractivity contribution in [3.05, 3.63) is 29.8 Å². The lowest BCUT2D eigenvalue weighted by Crippen LogP contribution is -2.29. The van der Waals surface area contributed by atoms with E-state index in [9.17, 15) is 4.79 Å². The SMILES string of the molecule is CCCCC(C)(CCC)CCCCCC(=O)OC(C)(C)CC/C(COCC)=N\c1c(N)nc2ccccc2c1C. The van der Waals surface area contributed by atoms with Crippen molar-refractivity contribution < 1.29 is 14.3 Å². The average molecular weight is 554 g/mol. The van der Waals surface area contributed by atoms with Crippen molar-refractivity contribution in [3.8, 4) is 0 Å². The fraction of sp³-hybridized carbons (Fsp3) is 0.676. The van der Waals surface area contributed by atoms with Crippen LogP contribution in [0.25, 0.3) is 10.9 Å². The Balaban J connectivity index is 1.92. The van der Waals surface area contributed by atoms with Gasteiger partial charge in [0.1, 0.15) is 17.1 Å². The molecule has 6 nitrogen and oxygen atoms in total. The lowest BCUT2D eigenvalue weighted by molar-refractivity contribution is -0.157. The molecular formula is C34H55N3O3. The number of aryl methyl sites for hydroxylation is 1. The van der Waals surface area contributed by atoms with Crippen LogP contribution in [-0.2, 0) is 14.3 Å². The zero-order chi connectivity index (χ0) is 29.6. The van der Waals surface area contributed by atoms with E-state index in [4.69, 9.17) is 20.2 Å². The van der Waals surface area contributed by atoms with Gasteiger partial charge in [-0.05, 0) is 83.3 Å². The number of para-hydroxylation sites is 1. The number of unbranched alkanes of at least 4 members (excludes halogenated alkanes) is 3. The summed E-state index contributed by atoms with van der Waals surface area (Å²) >= 11 is 0. The van der Waals surface area contributed by atoms with E-state index in [1.54, 1.807) is 0 Å². The fourth-order valence-corrected chi connectivity index (χ4v) is 5.51. The maximum Gasteiger partial charge on any atom is 0.306 e. The summed E-state index contributed by atoms with van der Waals surface area (Å²) in [6.07, 6.45) is 12.6. The second-order valence-corrected chi connectivity index (χ2v) is 12.3. The van der Waals surface area contributed by atoms with E-state index in [0.717, 1.165) is 35.0 Å². The van der Waals surface area contributed by atoms with Crippen molar-refractivity contribution in [2.24, 2.45) is 10.4 Å². The molecule has 0 fully saturated rings. The molecule has 1 atom stereocenters. The van der Waals surface area contributed by atoms with Gasteiger partial charge in [-0.1, -0.05) is 71.1 Å². The molecule has 2 N–H and O–H groups in total. The molecule has 0 spiro atoms. The summed E-state index contributed by atoms with van der Waals surface area (Å²) in [6.45, 7) is 15.9. The van der Waals surface area contributed by atoms with Gasteiger partial charge in [0.15, 0.2) is 0 Å². The quantitative estimate of drug-likeness (QED) is 0.106. The second kappa shape index (κ2) is 16.7. The molecule has 6 heteroatoms. The van der Waals surface area contributed by atoms with Gasteiger partial charge in [0.05, 0.1) is 12.1 Å². The molecule has 1 heterocycles. The summed E-state index contributed by atoms with van der Waals surface area (Å²) in [5.74, 6) is 0.297. The van der Waals surface area contributed by atoms with Gasteiger partial charge in [0.25, 0.3) is 0 Å². The van der Waals surface area contributed by atoms with Crippen LogP contribution < -0.4 is 5.73 Å². The van der Waals surface area contributed by atoms with Crippen LogP contribution in [0.4, 0.5) is 11.5 Å². The molecule has 0 amide bonds. The smallest absolute Gasteiger partial charge is 0.306 e. The summed E-state index contributed by atoms with van der Waals surface area (Å²) in [6, 6.07) is 7.95. The largest absolute Gasteiger partial charge is 0.460 e. The Morgan fingerprint density at radius 2 is 1.65 bits per heavy atom. The van der Waals surface area contributed by atoms with Crippen molar-refractivity contribution in [1.82, 2.24) is 4.98 Å². The molecule has 0 radical (unpaired) electrons. The van der Waals surface area contributed by atoms with Crippen molar-refractivity contribution in [1.29, 1.82) is 0 Å². The third-order valence-electron chi connectivity index (χ3n) is 7.94. The lowest BCUT2D eigenvalue weighted by atomic mass is 9.76. The number of anilines is 1. The molecule has 0 saturated carbocycles. The summed E-state index contributed by atoms with van der Waals surface area (Å²) in [5, 5.41) is 1.04. The number of hydrogen-bond acceptors (Lipinski definition) is 6. The number of carbonyl (C=O) groups is 1. The lowest BCUT2D eigenvalue weighted by Gasteiger charge is -2.29. The molecule has 0 bridgehead atoms. The van der Waals surface area contributed by atoms with Crippen molar-refractivity contribution >= 4 is 34.1 Å². The number of rotatable bonds is 19. The van der Waals surface area contributed by atoms with Gasteiger partial charge in [-0.15, -0.1) is 0 Å². The number of aromatic nitrogens is 1. The zero-order valence-corrected chi connectivity index (χ0v) is 26.4. The van der Waals surface area contributed by atoms with Gasteiger partial charge in [0, 0.05) is 24.1 Å². The molecule has 1 aromatic carbocycles. The highest BCUT2D eigenvalue weighted by Gasteiger charge is 2.25. The van der Waals surface area contributed by atoms with Gasteiger partial charge in [-0.25, -0.2) is 4.98 Å². The van der Waals surface area contributed by atoms with Crippen molar-refractivity contribution in [2.45, 2.75) is 131 Å². The van der Waals surface area contributed by atoms with Crippen molar-refractivity contribution in [3.63, 3.8) is 0 Å². The number of carbonyl (C=O) groups excluding carboxylic acids is 1. The number of pyridine rings is 1. The third kappa shape index (κ3) is 11.2. The van der Waals surface area contributed by atoms with Gasteiger partial charge in [-0.3, -0.25) is 9.79 Å². The van der Waals surface area contributed by atoms with E-state index < -0.39 is 5.60 Å². The Hall–Kier alpha value is -2.47. The Kier molecular flexibility index (Phi) is 14.1. The first-order valence-corrected chi connectivity index (χ1v) is 15.5. The number of nitrogens with two attached hydrogens (primary N) is 1. The van der Waals surface area contributed by atoms with E-state index in [1.807, 2.05) is 52.0 Å². The Labute approximate surface area is 243 Å². The summed E-state index contributed by atoms with van der Waals surface area (Å²) in [7, 11) is 0. The summed E-state index contributed by atoms with van der Waals surface area (Å²) < 4.78 is 11.6. The predicted molar refractivity (Wildman–Crippen MR) is 170 cm³/mol. The fourth-order valence-electron chi connectivity index (χ4n) is 5.51. The minimum Gasteiger partial charge on any atom is -0.460 e. The van der Waals surface area contributed by atoms with Gasteiger partial charge in [0.2, 0.25) is 0 Å². The maximum atomic E-state index is 12.7. The average Bonchev–Trinajstić information content (AvgIpc) is 2.90. The number of aliphatic imine (C=N–C) groups is 1. The number of fused-ring (bicyclic) bond motifs is 1. The molecule has 0 aliphatic carbocycles. The van der Waals surface area contributed by atoms with Crippen LogP contribution in [-0.4, -0.2) is 35.5 Å². The highest BCUT2D eigenvalue weighted by atomic mass is 16.6. The van der Waals surface area contributed by atoms with Gasteiger partial charge >= 0.3 is 5.97 Å². The standard InChI is InChI=1S/C34H55N3O3/c1-8-11-22-34(7,21-9-2)23-16-12-13-19-30(38)40-33(5,6)24-20-27(25-39-10-3)36-31-26(4)28-17-14-15-18-29(28)37-32(31)35/h14-15,17-18H,8-13,16,19-25H2,1-7H3,(H2,35,37)/b36-27+. The van der Waals surface area contributed by atoms with E-state index in [-0.39, 0.29) is 5.97 Å². The molecule has 40 heavy (non-hydrogen) atoms. The normalized spacial score (nSPS) is 13.9. The topological polar surface area (TPSA) is 86.8 Å². The Morgan fingerprint density at radius 3 is 2.35 bits per heavy atom. The van der Waals surface area contributed by atoms with Crippen LogP contribution in [0.2, 0.25) is 0 Å². The van der Waals surface area contributed by atoms with E-state index >= 15 is 0 Å². The molecule has 2 rings (SSSR count). The molecular weight excluding hydrogens is 498 g/mol. The van der Waals surface area contributed by atoms with Gasteiger partial charge < -0.3 is 15.2 Å². The summed E-state index contributed by atoms with van der Waals surface area (Å²) in [5.41, 5.74) is 9.59. The molecule has 0 aliphatic rings. The van der Waals surface area contributed by atoms with Gasteiger partial charge in [-0.2, -0.15) is 0 Å². The van der Waals surface area contributed by atoms with E-state index in [2.05, 4.69) is 25.8 Å². The summed E-state index contributed by atoms with van der Waals surface area (Å²) in [4.78, 5) is 22.2. The van der Waals surface area contributed by atoms with Crippen LogP contribution in [0.5, 0.6) is 0 Å². The van der Waals surface area contributed by atoms with Crippen LogP contribution in [0, 0.1) is 12.3 Å². The number of ether oxygens (including phenoxy) is 2. The Morgan fingerprint density at radius 1 is 0.925 bits per heavy atom. The van der Waals surface area contributed by atoms with Crippen molar-refractivity contribution in [2.75, 3.05) is 18.9 Å². The molecule has 1 aromatic heterocycles. The van der Waals surface area contributed by atoms with Crippen LogP contribution in [0.1, 0.15) is 124 Å². The first-order valence-electron chi connectivity index (χ1n) is 15.5. The van der Waals surface area contributed by atoms with E-state index in [1.165, 1.54) is 44.9 Å². The van der Waals surface area contributed by atoms with Crippen LogP contribution >= 0.6 is 0 Å². The molecule has 0 saturated heterocycles. The first-order chi connectivity index (χ1) is 19.0.